The van der Waals surface area contributed by atoms with E-state index in [1.165, 1.54) is 4.31 Å². The first-order valence-corrected chi connectivity index (χ1v) is 8.81. The van der Waals surface area contributed by atoms with Gasteiger partial charge in [0.05, 0.1) is 10.5 Å². The second kappa shape index (κ2) is 6.44. The molecule has 1 aromatic carbocycles. The summed E-state index contributed by atoms with van der Waals surface area (Å²) in [5.41, 5.74) is 0.319. The van der Waals surface area contributed by atoms with Crippen molar-refractivity contribution in [3.05, 3.63) is 29.8 Å². The molecule has 0 radical (unpaired) electrons. The van der Waals surface area contributed by atoms with Crippen molar-refractivity contribution in [2.24, 2.45) is 0 Å². The maximum absolute atomic E-state index is 12.6. The van der Waals surface area contributed by atoms with Gasteiger partial charge in [0.25, 0.3) is 0 Å². The fourth-order valence-corrected chi connectivity index (χ4v) is 3.85. The molecule has 0 unspecified atom stereocenters. The minimum atomic E-state index is -3.45. The second-order valence-electron chi connectivity index (χ2n) is 5.83. The van der Waals surface area contributed by atoms with Gasteiger partial charge in [-0.1, -0.05) is 19.1 Å². The Hall–Kier alpha value is -0.950. The molecule has 0 amide bonds. The summed E-state index contributed by atoms with van der Waals surface area (Å²) in [6, 6.07) is 7.01. The summed E-state index contributed by atoms with van der Waals surface area (Å²) in [5.74, 6) is 0. The Morgan fingerprint density at radius 2 is 1.81 bits per heavy atom. The van der Waals surface area contributed by atoms with E-state index in [4.69, 9.17) is 0 Å². The minimum absolute atomic E-state index is 0.323. The van der Waals surface area contributed by atoms with Crippen molar-refractivity contribution < 1.29 is 13.5 Å². The highest BCUT2D eigenvalue weighted by atomic mass is 32.2. The molecule has 0 atom stereocenters. The van der Waals surface area contributed by atoms with E-state index in [2.05, 4.69) is 5.32 Å². The summed E-state index contributed by atoms with van der Waals surface area (Å²) in [6.45, 7) is 6.15. The zero-order valence-corrected chi connectivity index (χ0v) is 13.5. The zero-order chi connectivity index (χ0) is 15.5. The van der Waals surface area contributed by atoms with Crippen molar-refractivity contribution in [3.8, 4) is 0 Å². The molecule has 6 heteroatoms. The number of nitrogens with one attached hydrogen (secondary N) is 1. The van der Waals surface area contributed by atoms with E-state index in [0.29, 0.717) is 30.8 Å². The topological polar surface area (TPSA) is 69.6 Å². The van der Waals surface area contributed by atoms with E-state index in [-0.39, 0.29) is 0 Å². The molecule has 0 bridgehead atoms. The van der Waals surface area contributed by atoms with Gasteiger partial charge in [-0.25, -0.2) is 8.42 Å². The lowest BCUT2D eigenvalue weighted by Crippen LogP contribution is -2.45. The van der Waals surface area contributed by atoms with Gasteiger partial charge >= 0.3 is 0 Å². The number of benzene rings is 1. The number of hydrogen-bond donors (Lipinski definition) is 2. The lowest BCUT2D eigenvalue weighted by molar-refractivity contribution is 0.0126. The van der Waals surface area contributed by atoms with Gasteiger partial charge in [0.2, 0.25) is 10.0 Å². The fraction of sp³-hybridized carbons (Fsp3) is 0.600. The molecule has 21 heavy (non-hydrogen) atoms. The molecule has 1 aliphatic rings. The normalized spacial score (nSPS) is 19.6. The molecule has 0 aromatic heterocycles. The van der Waals surface area contributed by atoms with Crippen LogP contribution in [0.15, 0.2) is 29.2 Å². The van der Waals surface area contributed by atoms with Gasteiger partial charge in [0.1, 0.15) is 0 Å². The Balaban J connectivity index is 2.09. The van der Waals surface area contributed by atoms with Crippen molar-refractivity contribution in [1.29, 1.82) is 0 Å². The van der Waals surface area contributed by atoms with Crippen LogP contribution in [0.25, 0.3) is 0 Å². The first kappa shape index (κ1) is 16.4. The molecular weight excluding hydrogens is 288 g/mol. The lowest BCUT2D eigenvalue weighted by Gasteiger charge is -2.34. The average Bonchev–Trinajstić information content (AvgIpc) is 2.45. The highest BCUT2D eigenvalue weighted by molar-refractivity contribution is 7.89. The Morgan fingerprint density at radius 3 is 2.33 bits per heavy atom. The van der Waals surface area contributed by atoms with Crippen LogP contribution in [0.5, 0.6) is 0 Å². The van der Waals surface area contributed by atoms with E-state index in [9.17, 15) is 13.5 Å². The smallest absolute Gasteiger partial charge is 0.243 e. The summed E-state index contributed by atoms with van der Waals surface area (Å²) >= 11 is 0. The van der Waals surface area contributed by atoms with Crippen LogP contribution in [-0.4, -0.2) is 43.1 Å². The third-order valence-electron chi connectivity index (χ3n) is 3.94. The Bertz CT molecular complexity index is 557. The molecule has 0 spiro atoms. The highest BCUT2D eigenvalue weighted by Crippen LogP contribution is 2.26. The first-order valence-electron chi connectivity index (χ1n) is 7.37. The van der Waals surface area contributed by atoms with Crippen LogP contribution in [0.1, 0.15) is 32.3 Å². The molecule has 1 fully saturated rings. The summed E-state index contributed by atoms with van der Waals surface area (Å²) in [5, 5.41) is 13.1. The van der Waals surface area contributed by atoms with E-state index in [0.717, 1.165) is 18.7 Å². The number of piperidine rings is 1. The third-order valence-corrected chi connectivity index (χ3v) is 5.85. The monoisotopic (exact) mass is 312 g/mol. The van der Waals surface area contributed by atoms with E-state index < -0.39 is 15.6 Å². The van der Waals surface area contributed by atoms with Gasteiger partial charge in [-0.3, -0.25) is 0 Å². The first-order chi connectivity index (χ1) is 9.85. The van der Waals surface area contributed by atoms with Crippen LogP contribution in [0.2, 0.25) is 0 Å². The quantitative estimate of drug-likeness (QED) is 0.860. The molecule has 2 rings (SSSR count). The summed E-state index contributed by atoms with van der Waals surface area (Å²) < 4.78 is 26.6. The number of rotatable bonds is 5. The Labute approximate surface area is 127 Å². The number of sulfonamides is 1. The van der Waals surface area contributed by atoms with Crippen molar-refractivity contribution in [1.82, 2.24) is 9.62 Å². The molecule has 118 valence electrons. The predicted octanol–water partition coefficient (Wildman–Crippen LogP) is 1.33. The fourth-order valence-electron chi connectivity index (χ4n) is 2.41. The van der Waals surface area contributed by atoms with Gasteiger partial charge in [0, 0.05) is 19.6 Å². The van der Waals surface area contributed by atoms with Gasteiger partial charge in [-0.05, 0) is 44.0 Å². The zero-order valence-electron chi connectivity index (χ0n) is 12.7. The molecule has 5 nitrogen and oxygen atoms in total. The summed E-state index contributed by atoms with van der Waals surface area (Å²) in [6.07, 6.45) is 0.954. The molecule has 1 heterocycles. The minimum Gasteiger partial charge on any atom is -0.390 e. The standard InChI is InChI=1S/C15H24N2O3S/c1-3-16-12-13-4-6-14(7-5-13)21(19,20)17-10-8-15(2,18)9-11-17/h4-7,16,18H,3,8-12H2,1-2H3. The Kier molecular flexibility index (Phi) is 5.03. The second-order valence-corrected chi connectivity index (χ2v) is 7.76. The third kappa shape index (κ3) is 4.03. The maximum atomic E-state index is 12.6. The molecular formula is C15H24N2O3S. The highest BCUT2D eigenvalue weighted by Gasteiger charge is 2.33. The van der Waals surface area contributed by atoms with Gasteiger partial charge < -0.3 is 10.4 Å². The summed E-state index contributed by atoms with van der Waals surface area (Å²) in [4.78, 5) is 0.323. The molecule has 1 saturated heterocycles. The molecule has 1 aromatic rings. The van der Waals surface area contributed by atoms with Gasteiger partial charge in [-0.2, -0.15) is 4.31 Å². The van der Waals surface area contributed by atoms with Crippen molar-refractivity contribution >= 4 is 10.0 Å². The average molecular weight is 312 g/mol. The molecule has 1 aliphatic heterocycles. The SMILES string of the molecule is CCNCc1ccc(S(=O)(=O)N2CCC(C)(O)CC2)cc1. The van der Waals surface area contributed by atoms with Crippen molar-refractivity contribution in [2.75, 3.05) is 19.6 Å². The van der Waals surface area contributed by atoms with Crippen molar-refractivity contribution in [3.63, 3.8) is 0 Å². The van der Waals surface area contributed by atoms with Crippen LogP contribution >= 0.6 is 0 Å². The number of hydrogen-bond acceptors (Lipinski definition) is 4. The van der Waals surface area contributed by atoms with E-state index in [1.807, 2.05) is 19.1 Å². The van der Waals surface area contributed by atoms with Gasteiger partial charge in [0.15, 0.2) is 0 Å². The van der Waals surface area contributed by atoms with Crippen LogP contribution < -0.4 is 5.32 Å². The van der Waals surface area contributed by atoms with Crippen LogP contribution in [0, 0.1) is 0 Å². The largest absolute Gasteiger partial charge is 0.390 e. The van der Waals surface area contributed by atoms with Crippen LogP contribution in [-0.2, 0) is 16.6 Å². The maximum Gasteiger partial charge on any atom is 0.243 e. The number of aliphatic hydroxyl groups is 1. The Morgan fingerprint density at radius 1 is 1.24 bits per heavy atom. The molecule has 0 saturated carbocycles. The van der Waals surface area contributed by atoms with E-state index >= 15 is 0 Å². The number of nitrogens with zero attached hydrogens (tertiary/aromatic N) is 1. The molecule has 2 N–H and O–H groups in total. The van der Waals surface area contributed by atoms with Crippen LogP contribution in [0.4, 0.5) is 0 Å². The predicted molar refractivity (Wildman–Crippen MR) is 82.4 cm³/mol. The summed E-state index contributed by atoms with van der Waals surface area (Å²) in [7, 11) is -3.45. The van der Waals surface area contributed by atoms with Crippen molar-refractivity contribution in [2.45, 2.75) is 43.7 Å². The van der Waals surface area contributed by atoms with Gasteiger partial charge in [-0.15, -0.1) is 0 Å². The van der Waals surface area contributed by atoms with E-state index in [1.54, 1.807) is 19.1 Å². The lowest BCUT2D eigenvalue weighted by atomic mass is 9.95. The van der Waals surface area contributed by atoms with Crippen LogP contribution in [0.3, 0.4) is 0 Å². The molecule has 0 aliphatic carbocycles.